The molecule has 1 atom stereocenters. The average molecular weight is 462 g/mol. The molecule has 180 valence electrons. The molecule has 2 aromatic carbocycles. The summed E-state index contributed by atoms with van der Waals surface area (Å²) in [6.07, 6.45) is 10.9. The molecular formula is C28H35N3O3. The SMILES string of the molecule is CCCCCCCCCCn1c(C2CC(=O)N(c3ccc4c(c3)OCO4)C2)nc2ccccc21. The lowest BCUT2D eigenvalue weighted by Crippen LogP contribution is -2.24. The van der Waals surface area contributed by atoms with Crippen LogP contribution >= 0.6 is 0 Å². The summed E-state index contributed by atoms with van der Waals surface area (Å²) >= 11 is 0. The van der Waals surface area contributed by atoms with Crippen molar-refractivity contribution in [3.8, 4) is 11.5 Å². The largest absolute Gasteiger partial charge is 0.454 e. The number of fused-ring (bicyclic) bond motifs is 2. The second kappa shape index (κ2) is 10.5. The molecule has 34 heavy (non-hydrogen) atoms. The summed E-state index contributed by atoms with van der Waals surface area (Å²) in [6, 6.07) is 14.1. The monoisotopic (exact) mass is 461 g/mol. The molecule has 3 aromatic rings. The fraction of sp³-hybridized carbons (Fsp3) is 0.500. The summed E-state index contributed by atoms with van der Waals surface area (Å²) in [5.41, 5.74) is 3.06. The van der Waals surface area contributed by atoms with Crippen molar-refractivity contribution in [1.29, 1.82) is 0 Å². The number of ether oxygens (including phenoxy) is 2. The number of para-hydroxylation sites is 2. The molecule has 0 spiro atoms. The number of nitrogens with zero attached hydrogens (tertiary/aromatic N) is 3. The van der Waals surface area contributed by atoms with Gasteiger partial charge in [0.25, 0.3) is 0 Å². The molecule has 2 aliphatic heterocycles. The number of amides is 1. The second-order valence-electron chi connectivity index (χ2n) is 9.53. The van der Waals surface area contributed by atoms with E-state index in [2.05, 4.69) is 29.7 Å². The van der Waals surface area contributed by atoms with Crippen LogP contribution in [0.4, 0.5) is 5.69 Å². The Hall–Kier alpha value is -3.02. The molecule has 0 saturated carbocycles. The van der Waals surface area contributed by atoms with E-state index in [0.717, 1.165) is 35.7 Å². The number of benzene rings is 2. The number of hydrogen-bond donors (Lipinski definition) is 0. The zero-order valence-corrected chi connectivity index (χ0v) is 20.2. The zero-order chi connectivity index (χ0) is 23.3. The van der Waals surface area contributed by atoms with Crippen molar-refractivity contribution < 1.29 is 14.3 Å². The van der Waals surface area contributed by atoms with Gasteiger partial charge in [-0.3, -0.25) is 4.79 Å². The van der Waals surface area contributed by atoms with Crippen LogP contribution in [0, 0.1) is 0 Å². The van der Waals surface area contributed by atoms with Crippen LogP contribution in [-0.2, 0) is 11.3 Å². The van der Waals surface area contributed by atoms with E-state index in [4.69, 9.17) is 14.5 Å². The highest BCUT2D eigenvalue weighted by Gasteiger charge is 2.35. The molecule has 6 heteroatoms. The van der Waals surface area contributed by atoms with Crippen molar-refractivity contribution >= 4 is 22.6 Å². The van der Waals surface area contributed by atoms with Crippen molar-refractivity contribution in [2.75, 3.05) is 18.2 Å². The molecule has 0 bridgehead atoms. The van der Waals surface area contributed by atoms with Crippen molar-refractivity contribution in [3.63, 3.8) is 0 Å². The highest BCUT2D eigenvalue weighted by molar-refractivity contribution is 5.97. The minimum atomic E-state index is 0.0827. The van der Waals surface area contributed by atoms with E-state index in [1.807, 2.05) is 29.2 Å². The summed E-state index contributed by atoms with van der Waals surface area (Å²) < 4.78 is 13.3. The molecule has 0 radical (unpaired) electrons. The Labute approximate surface area is 201 Å². The summed E-state index contributed by atoms with van der Waals surface area (Å²) in [5.74, 6) is 2.70. The van der Waals surface area contributed by atoms with Crippen LogP contribution in [0.2, 0.25) is 0 Å². The summed E-state index contributed by atoms with van der Waals surface area (Å²) in [7, 11) is 0. The number of hydrogen-bond acceptors (Lipinski definition) is 4. The van der Waals surface area contributed by atoms with E-state index in [-0.39, 0.29) is 18.6 Å². The molecule has 2 aliphatic rings. The molecule has 1 amide bonds. The number of imidazole rings is 1. The Morgan fingerprint density at radius 2 is 1.71 bits per heavy atom. The third-order valence-corrected chi connectivity index (χ3v) is 7.08. The maximum atomic E-state index is 13.0. The molecule has 6 nitrogen and oxygen atoms in total. The zero-order valence-electron chi connectivity index (χ0n) is 20.2. The number of carbonyl (C=O) groups is 1. The third-order valence-electron chi connectivity index (χ3n) is 7.08. The number of carbonyl (C=O) groups excluding carboxylic acids is 1. The van der Waals surface area contributed by atoms with Crippen molar-refractivity contribution in [3.05, 3.63) is 48.3 Å². The first-order valence-corrected chi connectivity index (χ1v) is 12.9. The van der Waals surface area contributed by atoms with Gasteiger partial charge in [-0.15, -0.1) is 0 Å². The van der Waals surface area contributed by atoms with Crippen molar-refractivity contribution in [2.45, 2.75) is 77.2 Å². The molecule has 1 aromatic heterocycles. The Bertz CT molecular complexity index is 1140. The predicted octanol–water partition coefficient (Wildman–Crippen LogP) is 6.43. The van der Waals surface area contributed by atoms with Crippen LogP contribution in [0.3, 0.4) is 0 Å². The maximum absolute atomic E-state index is 13.0. The minimum Gasteiger partial charge on any atom is -0.454 e. The van der Waals surface area contributed by atoms with Crippen molar-refractivity contribution in [2.24, 2.45) is 0 Å². The first-order valence-electron chi connectivity index (χ1n) is 12.9. The highest BCUT2D eigenvalue weighted by atomic mass is 16.7. The molecule has 1 saturated heterocycles. The van der Waals surface area contributed by atoms with Gasteiger partial charge < -0.3 is 18.9 Å². The van der Waals surface area contributed by atoms with Crippen LogP contribution in [0.15, 0.2) is 42.5 Å². The molecule has 0 N–H and O–H groups in total. The van der Waals surface area contributed by atoms with Gasteiger partial charge in [-0.25, -0.2) is 4.98 Å². The van der Waals surface area contributed by atoms with Gasteiger partial charge in [0, 0.05) is 37.2 Å². The topological polar surface area (TPSA) is 56.6 Å². The van der Waals surface area contributed by atoms with E-state index in [0.29, 0.717) is 18.7 Å². The lowest BCUT2D eigenvalue weighted by atomic mass is 10.1. The molecule has 1 fully saturated rings. The van der Waals surface area contributed by atoms with Crippen LogP contribution in [0.5, 0.6) is 11.5 Å². The van der Waals surface area contributed by atoms with Gasteiger partial charge in [0.1, 0.15) is 5.82 Å². The van der Waals surface area contributed by atoms with E-state index in [1.54, 1.807) is 0 Å². The summed E-state index contributed by atoms with van der Waals surface area (Å²) in [4.78, 5) is 19.9. The fourth-order valence-electron chi connectivity index (χ4n) is 5.23. The van der Waals surface area contributed by atoms with Gasteiger partial charge in [0.05, 0.1) is 11.0 Å². The highest BCUT2D eigenvalue weighted by Crippen LogP contribution is 2.39. The molecule has 1 unspecified atom stereocenters. The third kappa shape index (κ3) is 4.77. The quantitative estimate of drug-likeness (QED) is 0.309. The number of unbranched alkanes of at least 4 members (excludes halogenated alkanes) is 7. The fourth-order valence-corrected chi connectivity index (χ4v) is 5.23. The van der Waals surface area contributed by atoms with Gasteiger partial charge in [-0.05, 0) is 30.7 Å². The Morgan fingerprint density at radius 1 is 0.941 bits per heavy atom. The van der Waals surface area contributed by atoms with Crippen LogP contribution in [-0.4, -0.2) is 28.8 Å². The number of aryl methyl sites for hydroxylation is 1. The average Bonchev–Trinajstić information content (AvgIpc) is 3.57. The first-order chi connectivity index (χ1) is 16.7. The van der Waals surface area contributed by atoms with Gasteiger partial charge >= 0.3 is 0 Å². The van der Waals surface area contributed by atoms with Gasteiger partial charge in [-0.2, -0.15) is 0 Å². The molecule has 0 aliphatic carbocycles. The summed E-state index contributed by atoms with van der Waals surface area (Å²) in [5, 5.41) is 0. The van der Waals surface area contributed by atoms with Crippen LogP contribution < -0.4 is 14.4 Å². The summed E-state index contributed by atoms with van der Waals surface area (Å²) in [6.45, 7) is 4.09. The Kier molecular flexibility index (Phi) is 7.02. The number of aromatic nitrogens is 2. The Morgan fingerprint density at radius 3 is 2.56 bits per heavy atom. The predicted molar refractivity (Wildman–Crippen MR) is 135 cm³/mol. The standard InChI is InChI=1S/C28H35N3O3/c1-2-3-4-5-6-7-8-11-16-30-24-13-10-9-12-23(24)29-28(30)21-17-27(32)31(19-21)22-14-15-25-26(18-22)34-20-33-25/h9-10,12-15,18,21H,2-8,11,16-17,19-20H2,1H3. The number of anilines is 1. The molecule has 3 heterocycles. The van der Waals surface area contributed by atoms with E-state index in [9.17, 15) is 4.79 Å². The second-order valence-corrected chi connectivity index (χ2v) is 9.53. The van der Waals surface area contributed by atoms with Crippen molar-refractivity contribution in [1.82, 2.24) is 9.55 Å². The van der Waals surface area contributed by atoms with Gasteiger partial charge in [0.2, 0.25) is 12.7 Å². The van der Waals surface area contributed by atoms with E-state index >= 15 is 0 Å². The molecular weight excluding hydrogens is 426 g/mol. The lowest BCUT2D eigenvalue weighted by Gasteiger charge is -2.18. The van der Waals surface area contributed by atoms with Gasteiger partial charge in [-0.1, -0.05) is 64.0 Å². The number of rotatable bonds is 11. The van der Waals surface area contributed by atoms with Crippen LogP contribution in [0.25, 0.3) is 11.0 Å². The normalized spacial score (nSPS) is 17.3. The minimum absolute atomic E-state index is 0.0827. The smallest absolute Gasteiger partial charge is 0.231 e. The van der Waals surface area contributed by atoms with E-state index < -0.39 is 0 Å². The van der Waals surface area contributed by atoms with Gasteiger partial charge in [0.15, 0.2) is 11.5 Å². The lowest BCUT2D eigenvalue weighted by molar-refractivity contribution is -0.117. The van der Waals surface area contributed by atoms with Crippen LogP contribution in [0.1, 0.15) is 76.5 Å². The van der Waals surface area contributed by atoms with E-state index in [1.165, 1.54) is 50.5 Å². The molecule has 5 rings (SSSR count). The Balaban J connectivity index is 1.28. The first kappa shape index (κ1) is 22.8. The maximum Gasteiger partial charge on any atom is 0.231 e.